The first-order valence-corrected chi connectivity index (χ1v) is 14.4. The molecule has 2 aliphatic rings. The molecule has 9 nitrogen and oxygen atoms in total. The summed E-state index contributed by atoms with van der Waals surface area (Å²) in [6, 6.07) is 23.0. The fraction of sp³-hybridized carbons (Fsp3) is 0.188. The number of para-hydroxylation sites is 2. The molecular formula is C32H24Cl2N6O3. The molecule has 11 heteroatoms. The van der Waals surface area contributed by atoms with Crippen molar-refractivity contribution in [1.82, 2.24) is 9.78 Å². The normalized spacial score (nSPS) is 18.4. The van der Waals surface area contributed by atoms with Gasteiger partial charge in [0, 0.05) is 62.6 Å². The van der Waals surface area contributed by atoms with Crippen LogP contribution in [0.5, 0.6) is 0 Å². The fourth-order valence-corrected chi connectivity index (χ4v) is 6.52. The number of anilines is 1. The molecule has 0 spiro atoms. The van der Waals surface area contributed by atoms with Crippen molar-refractivity contribution in [3.8, 4) is 17.3 Å². The third-order valence-corrected chi connectivity index (χ3v) is 8.60. The first-order valence-electron chi connectivity index (χ1n) is 13.6. The van der Waals surface area contributed by atoms with Gasteiger partial charge in [0.2, 0.25) is 0 Å². The maximum atomic E-state index is 13.8. The third kappa shape index (κ3) is 4.99. The number of benzene rings is 3. The highest BCUT2D eigenvalue weighted by molar-refractivity contribution is 6.36. The van der Waals surface area contributed by atoms with E-state index in [0.29, 0.717) is 51.0 Å². The zero-order valence-corrected chi connectivity index (χ0v) is 24.2. The third-order valence-electron chi connectivity index (χ3n) is 7.89. The van der Waals surface area contributed by atoms with Crippen molar-refractivity contribution in [2.75, 3.05) is 4.90 Å². The number of rotatable bonds is 6. The lowest BCUT2D eigenvalue weighted by Crippen LogP contribution is -2.46. The minimum absolute atomic E-state index is 0.129. The van der Waals surface area contributed by atoms with Crippen molar-refractivity contribution >= 4 is 46.2 Å². The molecule has 1 aliphatic heterocycles. The molecule has 43 heavy (non-hydrogen) atoms. The van der Waals surface area contributed by atoms with Gasteiger partial charge in [0.15, 0.2) is 5.78 Å². The van der Waals surface area contributed by atoms with Crippen LogP contribution in [-0.2, 0) is 11.3 Å². The van der Waals surface area contributed by atoms with E-state index in [4.69, 9.17) is 28.3 Å². The van der Waals surface area contributed by atoms with Crippen molar-refractivity contribution in [1.29, 1.82) is 10.7 Å². The number of amidine groups is 1. The van der Waals surface area contributed by atoms with Crippen LogP contribution < -0.4 is 4.90 Å². The highest BCUT2D eigenvalue weighted by atomic mass is 35.5. The molecule has 0 saturated carbocycles. The number of nitro groups is 1. The van der Waals surface area contributed by atoms with E-state index in [0.717, 1.165) is 5.56 Å². The number of allylic oxidation sites excluding steroid dienone is 2. The molecule has 0 radical (unpaired) electrons. The number of nitro benzene ring substituents is 1. The Morgan fingerprint density at radius 1 is 1.02 bits per heavy atom. The van der Waals surface area contributed by atoms with Gasteiger partial charge in [0.05, 0.1) is 23.2 Å². The quantitative estimate of drug-likeness (QED) is 0.177. The van der Waals surface area contributed by atoms with Crippen LogP contribution in [0, 0.1) is 32.8 Å². The van der Waals surface area contributed by atoms with E-state index >= 15 is 0 Å². The number of carbonyl (C=O) groups excluding carboxylic acids is 1. The Morgan fingerprint density at radius 2 is 1.72 bits per heavy atom. The maximum Gasteiger partial charge on any atom is 0.293 e. The Hall–Kier alpha value is -4.78. The maximum absolute atomic E-state index is 13.8. The molecule has 2 heterocycles. The van der Waals surface area contributed by atoms with Crippen LogP contribution >= 0.6 is 23.2 Å². The molecule has 6 rings (SSSR count). The van der Waals surface area contributed by atoms with Gasteiger partial charge in [0.1, 0.15) is 17.4 Å². The van der Waals surface area contributed by atoms with E-state index in [2.05, 4.69) is 6.07 Å². The minimum atomic E-state index is -1.12. The van der Waals surface area contributed by atoms with E-state index < -0.39 is 16.8 Å². The Kier molecular flexibility index (Phi) is 7.57. The van der Waals surface area contributed by atoms with Gasteiger partial charge in [-0.2, -0.15) is 10.4 Å². The van der Waals surface area contributed by atoms with Crippen molar-refractivity contribution in [3.63, 3.8) is 0 Å². The summed E-state index contributed by atoms with van der Waals surface area (Å²) in [4.78, 5) is 26.6. The fourth-order valence-electron chi connectivity index (χ4n) is 6.01. The van der Waals surface area contributed by atoms with E-state index in [1.54, 1.807) is 47.3 Å². The first-order chi connectivity index (χ1) is 20.8. The number of halogens is 2. The van der Waals surface area contributed by atoms with E-state index in [1.807, 2.05) is 30.3 Å². The topological polar surface area (TPSA) is 129 Å². The van der Waals surface area contributed by atoms with Crippen molar-refractivity contribution in [2.24, 2.45) is 5.92 Å². The number of nitrogens with one attached hydrogen (secondary N) is 1. The number of hydrogen-bond donors (Lipinski definition) is 1. The van der Waals surface area contributed by atoms with E-state index in [-0.39, 0.29) is 36.0 Å². The molecule has 214 valence electrons. The Morgan fingerprint density at radius 3 is 2.42 bits per heavy atom. The van der Waals surface area contributed by atoms with Gasteiger partial charge in [-0.15, -0.1) is 0 Å². The number of aromatic nitrogens is 2. The molecule has 0 saturated heterocycles. The van der Waals surface area contributed by atoms with Crippen LogP contribution in [0.15, 0.2) is 90.3 Å². The molecule has 4 aromatic rings. The summed E-state index contributed by atoms with van der Waals surface area (Å²) < 4.78 is 1.69. The molecule has 0 bridgehead atoms. The van der Waals surface area contributed by atoms with Gasteiger partial charge in [0.25, 0.3) is 5.69 Å². The molecule has 2 atom stereocenters. The van der Waals surface area contributed by atoms with Gasteiger partial charge >= 0.3 is 0 Å². The SMILES string of the molecule is N#CC1C(=N)N(c2ccccc2[N+](=O)[O-])C2=C(C(=O)CCC2)C1c1cn(Cc2c(Cl)cccc2Cl)nc1-c1ccccc1. The van der Waals surface area contributed by atoms with Gasteiger partial charge in [-0.1, -0.05) is 71.7 Å². The van der Waals surface area contributed by atoms with E-state index in [9.17, 15) is 25.6 Å². The van der Waals surface area contributed by atoms with Crippen molar-refractivity contribution < 1.29 is 9.72 Å². The lowest BCUT2D eigenvalue weighted by molar-refractivity contribution is -0.384. The van der Waals surface area contributed by atoms with Crippen LogP contribution in [0.2, 0.25) is 10.0 Å². The summed E-state index contributed by atoms with van der Waals surface area (Å²) in [7, 11) is 0. The second-order valence-electron chi connectivity index (χ2n) is 10.4. The number of nitrogens with zero attached hydrogens (tertiary/aromatic N) is 5. The largest absolute Gasteiger partial charge is 0.295 e. The lowest BCUT2D eigenvalue weighted by Gasteiger charge is -2.41. The average molecular weight is 611 g/mol. The number of Topliss-reactive ketones (excluding diaryl/α,β-unsaturated/α-hetero) is 1. The molecule has 2 unspecified atom stereocenters. The lowest BCUT2D eigenvalue weighted by atomic mass is 9.71. The van der Waals surface area contributed by atoms with Gasteiger partial charge < -0.3 is 0 Å². The Balaban J connectivity index is 1.58. The Labute approximate surface area is 257 Å². The van der Waals surface area contributed by atoms with Crippen LogP contribution in [0.1, 0.15) is 36.3 Å². The highest BCUT2D eigenvalue weighted by Crippen LogP contribution is 2.49. The number of carbonyl (C=O) groups is 1. The van der Waals surface area contributed by atoms with Gasteiger partial charge in [-0.3, -0.25) is 29.9 Å². The van der Waals surface area contributed by atoms with Crippen molar-refractivity contribution in [2.45, 2.75) is 31.7 Å². The van der Waals surface area contributed by atoms with Crippen LogP contribution in [-0.4, -0.2) is 26.3 Å². The summed E-state index contributed by atoms with van der Waals surface area (Å²) >= 11 is 12.9. The van der Waals surface area contributed by atoms with Gasteiger partial charge in [-0.25, -0.2) is 0 Å². The highest BCUT2D eigenvalue weighted by Gasteiger charge is 2.47. The minimum Gasteiger partial charge on any atom is -0.295 e. The smallest absolute Gasteiger partial charge is 0.293 e. The van der Waals surface area contributed by atoms with Gasteiger partial charge in [-0.05, 0) is 31.0 Å². The van der Waals surface area contributed by atoms with Crippen LogP contribution in [0.4, 0.5) is 11.4 Å². The summed E-state index contributed by atoms with van der Waals surface area (Å²) in [6.45, 7) is 0.238. The number of nitriles is 1. The molecule has 3 aromatic carbocycles. The Bertz CT molecular complexity index is 1840. The monoisotopic (exact) mass is 610 g/mol. The second-order valence-corrected chi connectivity index (χ2v) is 11.2. The summed E-state index contributed by atoms with van der Waals surface area (Å²) in [5.41, 5.74) is 3.46. The molecule has 0 amide bonds. The summed E-state index contributed by atoms with van der Waals surface area (Å²) in [5.74, 6) is -2.21. The van der Waals surface area contributed by atoms with Crippen LogP contribution in [0.25, 0.3) is 11.3 Å². The zero-order valence-electron chi connectivity index (χ0n) is 22.7. The predicted octanol–water partition coefficient (Wildman–Crippen LogP) is 7.54. The second kappa shape index (κ2) is 11.5. The van der Waals surface area contributed by atoms with E-state index in [1.165, 1.54) is 11.0 Å². The first kappa shape index (κ1) is 28.3. The molecule has 0 fully saturated rings. The molecule has 1 aromatic heterocycles. The summed E-state index contributed by atoms with van der Waals surface area (Å²) in [6.07, 6.45) is 3.02. The average Bonchev–Trinajstić information content (AvgIpc) is 3.42. The standard InChI is InChI=1S/C32H24Cl2N6O3/c33-23-10-6-11-24(34)21(23)17-38-18-22(31(37-38)19-8-2-1-3-9-19)29-20(16-35)32(36)39(27-14-7-15-28(41)30(27)29)25-12-4-5-13-26(25)40(42)43/h1-6,8-13,18,20,29,36H,7,14-15,17H2. The molecular weight excluding hydrogens is 587 g/mol. The summed E-state index contributed by atoms with van der Waals surface area (Å²) in [5, 5.41) is 37.6. The number of ketones is 1. The number of hydrogen-bond acceptors (Lipinski definition) is 6. The van der Waals surface area contributed by atoms with Crippen molar-refractivity contribution in [3.05, 3.63) is 122 Å². The predicted molar refractivity (Wildman–Crippen MR) is 164 cm³/mol. The molecule has 1 aliphatic carbocycles. The molecule has 1 N–H and O–H groups in total. The zero-order chi connectivity index (χ0) is 30.2. The van der Waals surface area contributed by atoms with Crippen LogP contribution in [0.3, 0.4) is 0 Å².